The monoisotopic (exact) mass is 411 g/mol. The zero-order valence-electron chi connectivity index (χ0n) is 17.1. The Labute approximate surface area is 175 Å². The molecule has 0 radical (unpaired) electrons. The van der Waals surface area contributed by atoms with Gasteiger partial charge in [-0.3, -0.25) is 4.79 Å². The van der Waals surface area contributed by atoms with E-state index in [1.54, 1.807) is 34.1 Å². The van der Waals surface area contributed by atoms with Crippen LogP contribution in [0.2, 0.25) is 0 Å². The van der Waals surface area contributed by atoms with Crippen molar-refractivity contribution in [1.82, 2.24) is 10.2 Å². The summed E-state index contributed by atoms with van der Waals surface area (Å²) in [6.45, 7) is 4.83. The number of benzene rings is 2. The molecule has 1 spiro atoms. The normalized spacial score (nSPS) is 20.4. The van der Waals surface area contributed by atoms with Crippen LogP contribution in [0.15, 0.2) is 48.5 Å². The first-order valence-electron chi connectivity index (χ1n) is 10.3. The van der Waals surface area contributed by atoms with Gasteiger partial charge in [0.05, 0.1) is 11.5 Å². The van der Waals surface area contributed by atoms with E-state index in [1.807, 2.05) is 26.0 Å². The van der Waals surface area contributed by atoms with E-state index in [0.717, 1.165) is 5.56 Å². The number of halogens is 1. The third-order valence-corrected chi connectivity index (χ3v) is 6.09. The molecule has 1 atom stereocenters. The van der Waals surface area contributed by atoms with Gasteiger partial charge in [0.2, 0.25) is 5.91 Å². The van der Waals surface area contributed by atoms with Crippen LogP contribution in [0, 0.1) is 11.2 Å². The van der Waals surface area contributed by atoms with Gasteiger partial charge in [0.15, 0.2) is 0 Å². The molecule has 2 aromatic carbocycles. The van der Waals surface area contributed by atoms with E-state index in [-0.39, 0.29) is 35.6 Å². The number of hydrogen-bond acceptors (Lipinski definition) is 3. The summed E-state index contributed by atoms with van der Waals surface area (Å²) in [7, 11) is 0. The Kier molecular flexibility index (Phi) is 5.13. The third-order valence-electron chi connectivity index (χ3n) is 6.09. The molecular formula is C23H26FN3O3. The highest BCUT2D eigenvalue weighted by molar-refractivity contribution is 6.06. The molecule has 2 fully saturated rings. The lowest BCUT2D eigenvalue weighted by Crippen LogP contribution is -2.67. The molecule has 2 aliphatic heterocycles. The molecular weight excluding hydrogens is 385 g/mol. The van der Waals surface area contributed by atoms with Crippen molar-refractivity contribution in [2.24, 2.45) is 5.41 Å². The molecule has 0 saturated carbocycles. The molecule has 2 aromatic rings. The average Bonchev–Trinajstić information content (AvgIpc) is 2.73. The molecule has 0 aromatic heterocycles. The number of rotatable bonds is 3. The number of aromatic hydroxyl groups is 1. The summed E-state index contributed by atoms with van der Waals surface area (Å²) in [5, 5.41) is 12.6. The number of piperidine rings is 1. The third kappa shape index (κ3) is 3.38. The number of nitrogens with one attached hydrogen (secondary N) is 1. The Balaban J connectivity index is 1.62. The minimum absolute atomic E-state index is 0.00361. The highest BCUT2D eigenvalue weighted by atomic mass is 19.1. The Morgan fingerprint density at radius 1 is 1.10 bits per heavy atom. The number of nitrogens with zero attached hydrogens (tertiary/aromatic N) is 2. The van der Waals surface area contributed by atoms with Crippen LogP contribution >= 0.6 is 0 Å². The van der Waals surface area contributed by atoms with Gasteiger partial charge in [-0.05, 0) is 68.7 Å². The first kappa shape index (κ1) is 20.2. The molecule has 0 aliphatic carbocycles. The van der Waals surface area contributed by atoms with Gasteiger partial charge < -0.3 is 20.2 Å². The Morgan fingerprint density at radius 2 is 1.70 bits per heavy atom. The van der Waals surface area contributed by atoms with Crippen molar-refractivity contribution in [3.8, 4) is 5.75 Å². The van der Waals surface area contributed by atoms with Gasteiger partial charge in [0.1, 0.15) is 11.6 Å². The number of phenols is 1. The Bertz CT molecular complexity index is 935. The number of carbonyl (C=O) groups is 2. The van der Waals surface area contributed by atoms with Gasteiger partial charge in [0, 0.05) is 24.8 Å². The van der Waals surface area contributed by atoms with E-state index in [9.17, 15) is 19.1 Å². The zero-order valence-corrected chi connectivity index (χ0v) is 17.1. The minimum Gasteiger partial charge on any atom is -0.508 e. The van der Waals surface area contributed by atoms with Crippen LogP contribution in [0.25, 0.3) is 0 Å². The lowest BCUT2D eigenvalue weighted by Gasteiger charge is -2.59. The maximum atomic E-state index is 13.4. The van der Waals surface area contributed by atoms with Crippen LogP contribution in [0.5, 0.6) is 5.75 Å². The number of hydrogen-bond donors (Lipinski definition) is 2. The standard InChI is InChI=1S/C23H26FN3O3/c1-15(2)25-22(30)26-13-11-23(12-14-26)20(16-3-9-19(28)10-4-16)27(21(23)29)18-7-5-17(24)6-8-18/h3-10,15,20,28H,11-14H2,1-2H3,(H,25,30). The first-order valence-corrected chi connectivity index (χ1v) is 10.3. The van der Waals surface area contributed by atoms with Gasteiger partial charge in [-0.15, -0.1) is 0 Å². The van der Waals surface area contributed by atoms with Crippen LogP contribution in [0.3, 0.4) is 0 Å². The molecule has 2 aliphatic rings. The van der Waals surface area contributed by atoms with Gasteiger partial charge in [-0.25, -0.2) is 9.18 Å². The van der Waals surface area contributed by atoms with Crippen LogP contribution < -0.4 is 10.2 Å². The molecule has 1 unspecified atom stereocenters. The van der Waals surface area contributed by atoms with E-state index >= 15 is 0 Å². The molecule has 30 heavy (non-hydrogen) atoms. The van der Waals surface area contributed by atoms with Crippen molar-refractivity contribution in [3.63, 3.8) is 0 Å². The van der Waals surface area contributed by atoms with Crippen LogP contribution in [-0.4, -0.2) is 41.1 Å². The zero-order chi connectivity index (χ0) is 21.5. The number of urea groups is 1. The number of amides is 3. The maximum absolute atomic E-state index is 13.4. The molecule has 2 heterocycles. The second kappa shape index (κ2) is 7.63. The highest BCUT2D eigenvalue weighted by Gasteiger charge is 2.62. The number of anilines is 1. The predicted octanol–water partition coefficient (Wildman–Crippen LogP) is 3.82. The first-order chi connectivity index (χ1) is 14.3. The van der Waals surface area contributed by atoms with E-state index in [1.165, 1.54) is 12.1 Å². The summed E-state index contributed by atoms with van der Waals surface area (Å²) >= 11 is 0. The number of carbonyl (C=O) groups excluding carboxylic acids is 2. The van der Waals surface area contributed by atoms with E-state index in [4.69, 9.17) is 0 Å². The fourth-order valence-corrected chi connectivity index (χ4v) is 4.58. The maximum Gasteiger partial charge on any atom is 0.317 e. The average molecular weight is 411 g/mol. The number of β-lactam (4-membered cyclic amide) rings is 1. The summed E-state index contributed by atoms with van der Waals surface area (Å²) in [4.78, 5) is 29.2. The van der Waals surface area contributed by atoms with Crippen LogP contribution in [-0.2, 0) is 4.79 Å². The molecule has 2 saturated heterocycles. The van der Waals surface area contributed by atoms with E-state index in [0.29, 0.717) is 31.6 Å². The second-order valence-corrected chi connectivity index (χ2v) is 8.39. The van der Waals surface area contributed by atoms with E-state index in [2.05, 4.69) is 5.32 Å². The molecule has 158 valence electrons. The summed E-state index contributed by atoms with van der Waals surface area (Å²) in [5.74, 6) is -0.199. The predicted molar refractivity (Wildman–Crippen MR) is 112 cm³/mol. The summed E-state index contributed by atoms with van der Waals surface area (Å²) in [6.07, 6.45) is 1.11. The van der Waals surface area contributed by atoms with Crippen LogP contribution in [0.4, 0.5) is 14.9 Å². The minimum atomic E-state index is -0.611. The number of phenolic OH excluding ortho intramolecular Hbond substituents is 1. The molecule has 2 N–H and O–H groups in total. The molecule has 7 heteroatoms. The van der Waals surface area contributed by atoms with Crippen molar-refractivity contribution in [2.45, 2.75) is 38.8 Å². The smallest absolute Gasteiger partial charge is 0.317 e. The lowest BCUT2D eigenvalue weighted by atomic mass is 9.62. The van der Waals surface area contributed by atoms with Gasteiger partial charge in [0.25, 0.3) is 0 Å². The van der Waals surface area contributed by atoms with Crippen molar-refractivity contribution in [3.05, 3.63) is 59.9 Å². The second-order valence-electron chi connectivity index (χ2n) is 8.39. The fraction of sp³-hybridized carbons (Fsp3) is 0.391. The SMILES string of the molecule is CC(C)NC(=O)N1CCC2(CC1)C(=O)N(c1ccc(F)cc1)C2c1ccc(O)cc1. The summed E-state index contributed by atoms with van der Waals surface area (Å²) < 4.78 is 13.4. The molecule has 4 rings (SSSR count). The van der Waals surface area contributed by atoms with Gasteiger partial charge in [-0.2, -0.15) is 0 Å². The van der Waals surface area contributed by atoms with Gasteiger partial charge in [-0.1, -0.05) is 12.1 Å². The van der Waals surface area contributed by atoms with Crippen molar-refractivity contribution < 1.29 is 19.1 Å². The quantitative estimate of drug-likeness (QED) is 0.755. The largest absolute Gasteiger partial charge is 0.508 e. The van der Waals surface area contributed by atoms with Crippen molar-refractivity contribution >= 4 is 17.6 Å². The summed E-state index contributed by atoms with van der Waals surface area (Å²) in [6, 6.07) is 12.5. The van der Waals surface area contributed by atoms with Crippen molar-refractivity contribution in [2.75, 3.05) is 18.0 Å². The lowest BCUT2D eigenvalue weighted by molar-refractivity contribution is -0.144. The van der Waals surface area contributed by atoms with Crippen molar-refractivity contribution in [1.29, 1.82) is 0 Å². The topological polar surface area (TPSA) is 72.9 Å². The molecule has 6 nitrogen and oxygen atoms in total. The fourth-order valence-electron chi connectivity index (χ4n) is 4.58. The highest BCUT2D eigenvalue weighted by Crippen LogP contribution is 2.57. The Morgan fingerprint density at radius 3 is 2.27 bits per heavy atom. The number of likely N-dealkylation sites (tertiary alicyclic amines) is 1. The molecule has 3 amide bonds. The molecule has 0 bridgehead atoms. The Hall–Kier alpha value is -3.09. The van der Waals surface area contributed by atoms with Crippen LogP contribution in [0.1, 0.15) is 38.3 Å². The van der Waals surface area contributed by atoms with Gasteiger partial charge >= 0.3 is 6.03 Å². The van der Waals surface area contributed by atoms with E-state index < -0.39 is 5.41 Å². The summed E-state index contributed by atoms with van der Waals surface area (Å²) in [5.41, 5.74) is 0.946.